The minimum atomic E-state index is -0.391. The average Bonchev–Trinajstić information content (AvgIpc) is 3.58. The van der Waals surface area contributed by atoms with Crippen molar-refractivity contribution < 1.29 is 8.81 Å². The van der Waals surface area contributed by atoms with E-state index in [4.69, 9.17) is 4.42 Å². The van der Waals surface area contributed by atoms with Crippen LogP contribution >= 0.6 is 0 Å². The van der Waals surface area contributed by atoms with Gasteiger partial charge >= 0.3 is 0 Å². The zero-order valence-electron chi connectivity index (χ0n) is 17.8. The molecule has 9 heteroatoms. The van der Waals surface area contributed by atoms with Gasteiger partial charge in [0.15, 0.2) is 11.5 Å². The summed E-state index contributed by atoms with van der Waals surface area (Å²) in [6.45, 7) is 0. The van der Waals surface area contributed by atoms with E-state index in [0.717, 1.165) is 22.3 Å². The third kappa shape index (κ3) is 3.05. The number of pyridine rings is 2. The van der Waals surface area contributed by atoms with Crippen molar-refractivity contribution in [2.24, 2.45) is 0 Å². The molecule has 0 saturated carbocycles. The van der Waals surface area contributed by atoms with Crippen LogP contribution < -0.4 is 4.90 Å². The number of anilines is 1. The van der Waals surface area contributed by atoms with Crippen LogP contribution in [0, 0.1) is 5.82 Å². The highest BCUT2D eigenvalue weighted by atomic mass is 19.1. The molecule has 162 valence electrons. The monoisotopic (exact) mass is 439 g/mol. The van der Waals surface area contributed by atoms with E-state index >= 15 is 4.39 Å². The molecule has 0 aliphatic heterocycles. The zero-order valence-corrected chi connectivity index (χ0v) is 17.8. The van der Waals surface area contributed by atoms with Gasteiger partial charge in [-0.3, -0.25) is 10.1 Å². The van der Waals surface area contributed by atoms with Crippen molar-refractivity contribution in [3.8, 4) is 33.8 Å². The first-order chi connectivity index (χ1) is 16.1. The number of aromatic nitrogens is 6. The predicted molar refractivity (Wildman–Crippen MR) is 124 cm³/mol. The molecule has 0 bridgehead atoms. The lowest BCUT2D eigenvalue weighted by Gasteiger charge is -2.13. The number of imidazole rings is 1. The first-order valence-corrected chi connectivity index (χ1v) is 10.3. The summed E-state index contributed by atoms with van der Waals surface area (Å²) >= 11 is 0. The van der Waals surface area contributed by atoms with Gasteiger partial charge in [0.1, 0.15) is 11.5 Å². The summed E-state index contributed by atoms with van der Waals surface area (Å²) in [4.78, 5) is 18.4. The lowest BCUT2D eigenvalue weighted by Crippen LogP contribution is -2.08. The fraction of sp³-hybridized carbons (Fsp3) is 0.0833. The Morgan fingerprint density at radius 3 is 2.76 bits per heavy atom. The number of furan rings is 1. The molecular formula is C24H18FN7O. The number of benzene rings is 1. The van der Waals surface area contributed by atoms with Crippen molar-refractivity contribution in [3.63, 3.8) is 0 Å². The van der Waals surface area contributed by atoms with Crippen molar-refractivity contribution in [2.45, 2.75) is 0 Å². The van der Waals surface area contributed by atoms with Gasteiger partial charge in [-0.25, -0.2) is 14.4 Å². The number of rotatable bonds is 4. The maximum absolute atomic E-state index is 15.9. The molecule has 5 aromatic heterocycles. The fourth-order valence-electron chi connectivity index (χ4n) is 3.97. The Hall–Kier alpha value is -4.53. The van der Waals surface area contributed by atoms with Gasteiger partial charge in [-0.05, 0) is 30.3 Å². The van der Waals surface area contributed by atoms with Crippen LogP contribution in [0.3, 0.4) is 0 Å². The summed E-state index contributed by atoms with van der Waals surface area (Å²) < 4.78 is 21.1. The highest BCUT2D eigenvalue weighted by Crippen LogP contribution is 2.35. The van der Waals surface area contributed by atoms with E-state index in [0.29, 0.717) is 39.2 Å². The third-order valence-corrected chi connectivity index (χ3v) is 5.67. The Labute approximate surface area is 187 Å². The SMILES string of the molecule is CN(C)c1cncc(-c2ccc3[nH]nc(-c4nc5nccc(-c6ccoc6)c5[nH]4)c3c2F)c1. The number of H-pyrrole nitrogens is 2. The van der Waals surface area contributed by atoms with Gasteiger partial charge in [0.2, 0.25) is 0 Å². The predicted octanol–water partition coefficient (Wildman–Crippen LogP) is 5.03. The molecule has 0 aliphatic rings. The second-order valence-corrected chi connectivity index (χ2v) is 7.90. The van der Waals surface area contributed by atoms with Crippen LogP contribution in [0.2, 0.25) is 0 Å². The summed E-state index contributed by atoms with van der Waals surface area (Å²) in [5.41, 5.74) is 5.99. The summed E-state index contributed by atoms with van der Waals surface area (Å²) in [6.07, 6.45) is 8.33. The van der Waals surface area contributed by atoms with Gasteiger partial charge in [0.05, 0.1) is 40.8 Å². The Bertz CT molecular complexity index is 1620. The van der Waals surface area contributed by atoms with E-state index in [2.05, 4.69) is 30.1 Å². The van der Waals surface area contributed by atoms with Gasteiger partial charge in [0, 0.05) is 48.7 Å². The first-order valence-electron chi connectivity index (χ1n) is 10.3. The Balaban J connectivity index is 1.53. The third-order valence-electron chi connectivity index (χ3n) is 5.67. The lowest BCUT2D eigenvalue weighted by atomic mass is 10.0. The highest BCUT2D eigenvalue weighted by molar-refractivity contribution is 5.98. The smallest absolute Gasteiger partial charge is 0.178 e. The van der Waals surface area contributed by atoms with Gasteiger partial charge in [-0.1, -0.05) is 0 Å². The number of hydrogen-bond acceptors (Lipinski definition) is 6. The van der Waals surface area contributed by atoms with E-state index in [-0.39, 0.29) is 0 Å². The van der Waals surface area contributed by atoms with Crippen LogP contribution in [-0.4, -0.2) is 44.2 Å². The van der Waals surface area contributed by atoms with Crippen molar-refractivity contribution in [2.75, 3.05) is 19.0 Å². The molecule has 6 rings (SSSR count). The van der Waals surface area contributed by atoms with Gasteiger partial charge in [0.25, 0.3) is 0 Å². The number of fused-ring (bicyclic) bond motifs is 2. The van der Waals surface area contributed by atoms with Crippen molar-refractivity contribution in [3.05, 3.63) is 67.3 Å². The van der Waals surface area contributed by atoms with Crippen LogP contribution in [0.25, 0.3) is 55.8 Å². The minimum Gasteiger partial charge on any atom is -0.472 e. The van der Waals surface area contributed by atoms with E-state index in [1.165, 1.54) is 0 Å². The maximum Gasteiger partial charge on any atom is 0.178 e. The Morgan fingerprint density at radius 2 is 1.94 bits per heavy atom. The summed E-state index contributed by atoms with van der Waals surface area (Å²) in [5, 5.41) is 7.63. The maximum atomic E-state index is 15.9. The fourth-order valence-corrected chi connectivity index (χ4v) is 3.97. The zero-order chi connectivity index (χ0) is 22.5. The Kier molecular flexibility index (Phi) is 4.22. The lowest BCUT2D eigenvalue weighted by molar-refractivity contribution is 0.568. The molecule has 0 unspecified atom stereocenters. The molecule has 0 radical (unpaired) electrons. The summed E-state index contributed by atoms with van der Waals surface area (Å²) in [6, 6.07) is 9.18. The van der Waals surface area contributed by atoms with Crippen LogP contribution in [-0.2, 0) is 0 Å². The van der Waals surface area contributed by atoms with E-state index in [1.807, 2.05) is 43.3 Å². The van der Waals surface area contributed by atoms with Crippen molar-refractivity contribution in [1.29, 1.82) is 0 Å². The van der Waals surface area contributed by atoms with Gasteiger partial charge in [-0.15, -0.1) is 0 Å². The van der Waals surface area contributed by atoms with Crippen LogP contribution in [0.15, 0.2) is 65.9 Å². The molecule has 8 nitrogen and oxygen atoms in total. The molecule has 0 aliphatic carbocycles. The average molecular weight is 439 g/mol. The standard InChI is InChI=1S/C24H18FN7O/c1-32(2)15-9-14(10-26-11-15)16-3-4-18-19(20(16)25)22(31-30-18)24-28-21-17(13-6-8-33-12-13)5-7-27-23(21)29-24/h3-12H,1-2H3,(H,30,31)(H,27,28,29). The van der Waals surface area contributed by atoms with E-state index < -0.39 is 5.82 Å². The largest absolute Gasteiger partial charge is 0.472 e. The van der Waals surface area contributed by atoms with E-state index in [9.17, 15) is 0 Å². The molecule has 33 heavy (non-hydrogen) atoms. The van der Waals surface area contributed by atoms with Crippen LogP contribution in [0.4, 0.5) is 10.1 Å². The van der Waals surface area contributed by atoms with Crippen LogP contribution in [0.1, 0.15) is 0 Å². The summed E-state index contributed by atoms with van der Waals surface area (Å²) in [5.74, 6) is 0.0355. The number of nitrogens with zero attached hydrogens (tertiary/aromatic N) is 5. The molecule has 0 fully saturated rings. The Morgan fingerprint density at radius 1 is 1.03 bits per heavy atom. The molecule has 0 atom stereocenters. The molecule has 1 aromatic carbocycles. The quantitative estimate of drug-likeness (QED) is 0.400. The first kappa shape index (κ1) is 19.2. The van der Waals surface area contributed by atoms with Gasteiger partial charge < -0.3 is 14.3 Å². The number of halogens is 1. The van der Waals surface area contributed by atoms with Crippen molar-refractivity contribution >= 4 is 27.8 Å². The van der Waals surface area contributed by atoms with Crippen LogP contribution in [0.5, 0.6) is 0 Å². The van der Waals surface area contributed by atoms with E-state index in [1.54, 1.807) is 37.2 Å². The topological polar surface area (TPSA) is 99.5 Å². The highest BCUT2D eigenvalue weighted by Gasteiger charge is 2.21. The molecular weight excluding hydrogens is 421 g/mol. The normalized spacial score (nSPS) is 11.5. The van der Waals surface area contributed by atoms with Crippen molar-refractivity contribution in [1.82, 2.24) is 30.1 Å². The number of hydrogen-bond donors (Lipinski definition) is 2. The van der Waals surface area contributed by atoms with Gasteiger partial charge in [-0.2, -0.15) is 5.10 Å². The minimum absolute atomic E-state index is 0.353. The molecule has 2 N–H and O–H groups in total. The second kappa shape index (κ2) is 7.27. The summed E-state index contributed by atoms with van der Waals surface area (Å²) in [7, 11) is 3.84. The molecule has 0 saturated heterocycles. The molecule has 0 amide bonds. The molecule has 6 aromatic rings. The molecule has 0 spiro atoms. The number of aromatic amines is 2. The molecule has 5 heterocycles. The number of nitrogens with one attached hydrogen (secondary N) is 2. The second-order valence-electron chi connectivity index (χ2n) is 7.90.